The number of carbonyl (C=O) groups excluding carboxylic acids is 3. The Morgan fingerprint density at radius 1 is 1.26 bits per heavy atom. The van der Waals surface area contributed by atoms with E-state index in [9.17, 15) is 14.4 Å². The van der Waals surface area contributed by atoms with Gasteiger partial charge in [0.05, 0.1) is 28.3 Å². The number of aryl methyl sites for hydroxylation is 1. The van der Waals surface area contributed by atoms with Gasteiger partial charge in [-0.05, 0) is 37.1 Å². The van der Waals surface area contributed by atoms with Crippen LogP contribution in [0.4, 0.5) is 5.00 Å². The summed E-state index contributed by atoms with van der Waals surface area (Å²) in [5, 5.41) is 12.0. The molecule has 0 unspecified atom stereocenters. The van der Waals surface area contributed by atoms with E-state index in [0.29, 0.717) is 27.3 Å². The molecule has 0 saturated carbocycles. The number of esters is 1. The van der Waals surface area contributed by atoms with Crippen LogP contribution in [0, 0.1) is 13.8 Å². The first-order valence-corrected chi connectivity index (χ1v) is 12.0. The van der Waals surface area contributed by atoms with Crippen molar-refractivity contribution in [2.45, 2.75) is 25.6 Å². The zero-order valence-corrected chi connectivity index (χ0v) is 21.2. The second-order valence-corrected chi connectivity index (χ2v) is 9.50. The summed E-state index contributed by atoms with van der Waals surface area (Å²) in [4.78, 5) is 36.5. The maximum absolute atomic E-state index is 12.5. The number of nitrogens with zero attached hydrogens (tertiary/aromatic N) is 3. The average Bonchev–Trinajstić information content (AvgIpc) is 3.31. The van der Waals surface area contributed by atoms with Crippen molar-refractivity contribution >= 4 is 57.5 Å². The lowest BCUT2D eigenvalue weighted by Crippen LogP contribution is -2.16. The number of thioether (sulfide) groups is 1. The van der Waals surface area contributed by atoms with Gasteiger partial charge in [-0.3, -0.25) is 9.59 Å². The second-order valence-electron chi connectivity index (χ2n) is 7.13. The third-order valence-corrected chi connectivity index (χ3v) is 7.27. The van der Waals surface area contributed by atoms with Crippen LogP contribution in [-0.2, 0) is 23.2 Å². The third kappa shape index (κ3) is 5.69. The summed E-state index contributed by atoms with van der Waals surface area (Å²) in [5.41, 5.74) is 6.84. The third-order valence-electron chi connectivity index (χ3n) is 4.71. The van der Waals surface area contributed by atoms with E-state index < -0.39 is 17.8 Å². The smallest absolute Gasteiger partial charge is 0.341 e. The fourth-order valence-corrected chi connectivity index (χ4v) is 4.90. The van der Waals surface area contributed by atoms with Crippen LogP contribution in [0.25, 0.3) is 0 Å². The Bertz CT molecular complexity index is 1260. The Morgan fingerprint density at radius 3 is 2.68 bits per heavy atom. The van der Waals surface area contributed by atoms with Crippen LogP contribution in [0.3, 0.4) is 0 Å². The van der Waals surface area contributed by atoms with Gasteiger partial charge in [0, 0.05) is 7.05 Å². The topological polar surface area (TPSA) is 138 Å². The number of anilines is 1. The molecule has 2 aromatic heterocycles. The van der Waals surface area contributed by atoms with Crippen molar-refractivity contribution < 1.29 is 23.9 Å². The molecule has 13 heteroatoms. The van der Waals surface area contributed by atoms with Gasteiger partial charge in [-0.1, -0.05) is 29.4 Å². The summed E-state index contributed by atoms with van der Waals surface area (Å²) in [6.45, 7) is 3.65. The average molecular weight is 524 g/mol. The molecule has 1 aromatic carbocycles. The highest BCUT2D eigenvalue weighted by Gasteiger charge is 2.25. The lowest BCUT2D eigenvalue weighted by molar-refractivity contribution is -0.113. The predicted molar refractivity (Wildman–Crippen MR) is 130 cm³/mol. The van der Waals surface area contributed by atoms with Crippen molar-refractivity contribution in [3.8, 4) is 5.75 Å². The fourth-order valence-electron chi connectivity index (χ4n) is 2.94. The summed E-state index contributed by atoms with van der Waals surface area (Å²) in [5.74, 6) is -0.686. The van der Waals surface area contributed by atoms with Gasteiger partial charge < -0.3 is 25.1 Å². The highest BCUT2D eigenvalue weighted by atomic mass is 35.5. The molecule has 3 rings (SSSR count). The minimum absolute atomic E-state index is 0.0139. The molecular weight excluding hydrogens is 502 g/mol. The van der Waals surface area contributed by atoms with Gasteiger partial charge in [0.2, 0.25) is 5.91 Å². The standard InChI is InChI=1S/C21H22ClN5O5S2/c1-10-5-6-12(22)13(7-10)32-8-14-25-26-21(27(14)3)33-9-15(28)24-19-16(20(30)31-4)11(2)17(34-19)18(23)29/h5-7H,8-9H2,1-4H3,(H2,23,29)(H,24,28). The van der Waals surface area contributed by atoms with Gasteiger partial charge in [0.25, 0.3) is 5.91 Å². The van der Waals surface area contributed by atoms with Crippen LogP contribution in [0.1, 0.15) is 37.0 Å². The lowest BCUT2D eigenvalue weighted by atomic mass is 10.1. The number of thiophene rings is 1. The highest BCUT2D eigenvalue weighted by molar-refractivity contribution is 7.99. The van der Waals surface area contributed by atoms with Gasteiger partial charge in [-0.25, -0.2) is 4.79 Å². The van der Waals surface area contributed by atoms with E-state index in [1.54, 1.807) is 24.6 Å². The van der Waals surface area contributed by atoms with E-state index in [2.05, 4.69) is 15.5 Å². The predicted octanol–water partition coefficient (Wildman–Crippen LogP) is 3.34. The quantitative estimate of drug-likeness (QED) is 0.321. The number of carbonyl (C=O) groups is 3. The molecule has 0 spiro atoms. The van der Waals surface area contributed by atoms with Gasteiger partial charge in [0.1, 0.15) is 17.4 Å². The van der Waals surface area contributed by atoms with Crippen LogP contribution < -0.4 is 15.8 Å². The normalized spacial score (nSPS) is 10.7. The van der Waals surface area contributed by atoms with E-state index in [4.69, 9.17) is 26.8 Å². The van der Waals surface area contributed by atoms with Crippen LogP contribution >= 0.6 is 34.7 Å². The van der Waals surface area contributed by atoms with Crippen molar-refractivity contribution in [1.29, 1.82) is 0 Å². The van der Waals surface area contributed by atoms with Crippen molar-refractivity contribution in [2.75, 3.05) is 18.2 Å². The Balaban J connectivity index is 1.64. The molecule has 2 heterocycles. The first kappa shape index (κ1) is 25.5. The minimum atomic E-state index is -0.691. The maximum atomic E-state index is 12.5. The van der Waals surface area contributed by atoms with Gasteiger partial charge in [-0.15, -0.1) is 21.5 Å². The molecule has 0 aliphatic rings. The Labute approximate surface area is 208 Å². The second kappa shape index (κ2) is 10.9. The monoisotopic (exact) mass is 523 g/mol. The number of benzene rings is 1. The number of amides is 2. The molecule has 2 amide bonds. The molecule has 0 atom stereocenters. The molecule has 0 radical (unpaired) electrons. The van der Waals surface area contributed by atoms with Gasteiger partial charge in [0.15, 0.2) is 11.0 Å². The Kier molecular flexibility index (Phi) is 8.18. The van der Waals surface area contributed by atoms with Crippen LogP contribution in [0.2, 0.25) is 5.02 Å². The number of nitrogens with one attached hydrogen (secondary N) is 1. The Morgan fingerprint density at radius 2 is 2.00 bits per heavy atom. The number of primary amides is 1. The maximum Gasteiger partial charge on any atom is 0.341 e. The number of nitrogens with two attached hydrogens (primary N) is 1. The summed E-state index contributed by atoms with van der Waals surface area (Å²) < 4.78 is 12.2. The van der Waals surface area contributed by atoms with E-state index in [1.807, 2.05) is 19.1 Å². The van der Waals surface area contributed by atoms with Crippen LogP contribution in [0.15, 0.2) is 23.4 Å². The van der Waals surface area contributed by atoms with Gasteiger partial charge >= 0.3 is 5.97 Å². The molecule has 180 valence electrons. The first-order valence-electron chi connectivity index (χ1n) is 9.83. The molecule has 0 aliphatic heterocycles. The highest BCUT2D eigenvalue weighted by Crippen LogP contribution is 2.33. The molecular formula is C21H22ClN5O5S2. The summed E-state index contributed by atoms with van der Waals surface area (Å²) in [6, 6.07) is 5.48. The number of aromatic nitrogens is 3. The summed E-state index contributed by atoms with van der Waals surface area (Å²) >= 11 is 8.23. The first-order chi connectivity index (χ1) is 16.1. The number of hydrogen-bond donors (Lipinski definition) is 2. The van der Waals surface area contributed by atoms with Crippen molar-refractivity contribution in [3.05, 3.63) is 50.6 Å². The zero-order chi connectivity index (χ0) is 25.0. The van der Waals surface area contributed by atoms with E-state index in [0.717, 1.165) is 28.7 Å². The van der Waals surface area contributed by atoms with Crippen LogP contribution in [0.5, 0.6) is 5.75 Å². The van der Waals surface area contributed by atoms with E-state index in [1.165, 1.54) is 7.11 Å². The fraction of sp³-hybridized carbons (Fsp3) is 0.286. The molecule has 0 bridgehead atoms. The number of hydrogen-bond acceptors (Lipinski definition) is 9. The van der Waals surface area contributed by atoms with E-state index >= 15 is 0 Å². The molecule has 3 N–H and O–H groups in total. The lowest BCUT2D eigenvalue weighted by Gasteiger charge is -2.09. The van der Waals surface area contributed by atoms with Crippen molar-refractivity contribution in [2.24, 2.45) is 12.8 Å². The van der Waals surface area contributed by atoms with Crippen LogP contribution in [-0.4, -0.2) is 45.4 Å². The summed E-state index contributed by atoms with van der Waals surface area (Å²) in [7, 11) is 2.97. The molecule has 0 saturated heterocycles. The number of methoxy groups -OCH3 is 1. The van der Waals surface area contributed by atoms with Gasteiger partial charge in [-0.2, -0.15) is 0 Å². The molecule has 34 heavy (non-hydrogen) atoms. The van der Waals surface area contributed by atoms with E-state index in [-0.39, 0.29) is 27.8 Å². The Hall–Kier alpha value is -3.09. The minimum Gasteiger partial charge on any atom is -0.484 e. The molecule has 3 aromatic rings. The SMILES string of the molecule is COC(=O)c1c(NC(=O)CSc2nnc(COc3cc(C)ccc3Cl)n2C)sc(C(N)=O)c1C. The molecule has 0 fully saturated rings. The number of ether oxygens (including phenoxy) is 2. The van der Waals surface area contributed by atoms with Crippen molar-refractivity contribution in [3.63, 3.8) is 0 Å². The van der Waals surface area contributed by atoms with Crippen molar-refractivity contribution in [1.82, 2.24) is 14.8 Å². The summed E-state index contributed by atoms with van der Waals surface area (Å²) in [6.07, 6.45) is 0. The zero-order valence-electron chi connectivity index (χ0n) is 18.8. The number of rotatable bonds is 9. The largest absolute Gasteiger partial charge is 0.484 e. The molecule has 10 nitrogen and oxygen atoms in total. The number of halogens is 1. The molecule has 0 aliphatic carbocycles.